The number of nitrogens with one attached hydrogen (secondary N) is 1. The summed E-state index contributed by atoms with van der Waals surface area (Å²) in [5.74, 6) is -0.811. The number of ether oxygens (including phenoxy) is 2. The lowest BCUT2D eigenvalue weighted by atomic mass is 9.80. The Morgan fingerprint density at radius 2 is 1.77 bits per heavy atom. The van der Waals surface area contributed by atoms with Gasteiger partial charge < -0.3 is 14.8 Å². The van der Waals surface area contributed by atoms with Gasteiger partial charge in [0.05, 0.1) is 22.0 Å². The van der Waals surface area contributed by atoms with E-state index in [1.165, 1.54) is 19.2 Å². The Bertz CT molecular complexity index is 1430. The molecule has 0 saturated carbocycles. The molecule has 0 spiro atoms. The van der Waals surface area contributed by atoms with Crippen molar-refractivity contribution in [2.45, 2.75) is 19.4 Å². The molecule has 0 unspecified atom stereocenters. The van der Waals surface area contributed by atoms with Crippen molar-refractivity contribution in [2.24, 2.45) is 0 Å². The number of hydrogen-bond donors (Lipinski definition) is 1. The lowest BCUT2D eigenvalue weighted by Gasteiger charge is -2.29. The highest BCUT2D eigenvalue weighted by molar-refractivity contribution is 14.1. The molecule has 35 heavy (non-hydrogen) atoms. The number of fused-ring (bicyclic) bond motifs is 2. The number of benzene rings is 3. The number of rotatable bonds is 5. The number of dihydropyridines is 1. The predicted octanol–water partition coefficient (Wildman–Crippen LogP) is 5.75. The molecule has 0 bridgehead atoms. The Morgan fingerprint density at radius 3 is 2.46 bits per heavy atom. The van der Waals surface area contributed by atoms with Crippen LogP contribution in [0.15, 0.2) is 83.6 Å². The molecule has 3 aromatic carbocycles. The molecule has 1 aliphatic heterocycles. The van der Waals surface area contributed by atoms with Crippen LogP contribution in [0, 0.1) is 9.39 Å². The van der Waals surface area contributed by atoms with Crippen molar-refractivity contribution < 1.29 is 23.5 Å². The maximum Gasteiger partial charge on any atom is 0.336 e. The summed E-state index contributed by atoms with van der Waals surface area (Å²) < 4.78 is 25.1. The largest absolute Gasteiger partial charge is 0.488 e. The normalized spacial score (nSPS) is 16.6. The number of esters is 1. The topological polar surface area (TPSA) is 64.6 Å². The molecule has 3 aromatic rings. The Balaban J connectivity index is 1.53. The monoisotopic (exact) mass is 581 g/mol. The van der Waals surface area contributed by atoms with Crippen LogP contribution >= 0.6 is 22.6 Å². The van der Waals surface area contributed by atoms with Crippen molar-refractivity contribution >= 4 is 40.0 Å². The van der Waals surface area contributed by atoms with Crippen LogP contribution in [-0.4, -0.2) is 18.9 Å². The maximum atomic E-state index is 13.5. The fourth-order valence-electron chi connectivity index (χ4n) is 4.60. The Hall–Kier alpha value is -3.46. The summed E-state index contributed by atoms with van der Waals surface area (Å²) in [4.78, 5) is 26.3. The van der Waals surface area contributed by atoms with E-state index in [4.69, 9.17) is 9.47 Å². The lowest BCUT2D eigenvalue weighted by molar-refractivity contribution is -0.136. The highest BCUT2D eigenvalue weighted by Gasteiger charge is 2.42. The minimum atomic E-state index is -0.585. The van der Waals surface area contributed by atoms with Crippen LogP contribution < -0.4 is 10.1 Å². The predicted molar refractivity (Wildman–Crippen MR) is 138 cm³/mol. The third kappa shape index (κ3) is 4.14. The van der Waals surface area contributed by atoms with Crippen LogP contribution in [0.2, 0.25) is 0 Å². The smallest absolute Gasteiger partial charge is 0.336 e. The third-order valence-electron chi connectivity index (χ3n) is 6.25. The minimum absolute atomic E-state index is 0.103. The highest BCUT2D eigenvalue weighted by atomic mass is 127. The van der Waals surface area contributed by atoms with Gasteiger partial charge in [0, 0.05) is 28.3 Å². The zero-order valence-corrected chi connectivity index (χ0v) is 21.2. The van der Waals surface area contributed by atoms with E-state index in [2.05, 4.69) is 27.9 Å². The first-order valence-electron chi connectivity index (χ1n) is 11.0. The summed E-state index contributed by atoms with van der Waals surface area (Å²) >= 11 is 2.18. The average molecular weight is 581 g/mol. The quantitative estimate of drug-likeness (QED) is 0.307. The molecule has 1 N–H and O–H groups in total. The molecule has 1 heterocycles. The summed E-state index contributed by atoms with van der Waals surface area (Å²) in [5.41, 5.74) is 5.40. The summed E-state index contributed by atoms with van der Waals surface area (Å²) in [5, 5.41) is 3.28. The van der Waals surface area contributed by atoms with Crippen LogP contribution in [0.5, 0.6) is 5.75 Å². The molecule has 5 nitrogen and oxygen atoms in total. The van der Waals surface area contributed by atoms with E-state index in [1.54, 1.807) is 18.2 Å². The number of allylic oxidation sites excluding steroid dienone is 2. The zero-order chi connectivity index (χ0) is 24.7. The Morgan fingerprint density at radius 1 is 1.06 bits per heavy atom. The first-order valence-corrected chi connectivity index (χ1v) is 12.1. The second kappa shape index (κ2) is 9.30. The second-order valence-electron chi connectivity index (χ2n) is 8.36. The zero-order valence-electron chi connectivity index (χ0n) is 19.0. The molecule has 2 aliphatic rings. The van der Waals surface area contributed by atoms with Crippen LogP contribution in [0.1, 0.15) is 39.9 Å². The standard InChI is InChI=1S/C28H21FINO4/c1-15-23(28(33)34-2)24(25-26(31-15)19-5-3-4-6-20(19)27(25)32)17-9-12-22(21(30)13-17)35-14-16-7-10-18(29)11-8-16/h3-13,24,31H,14H2,1-2H3/t24-/m1/s1. The van der Waals surface area contributed by atoms with Crippen LogP contribution in [0.25, 0.3) is 5.70 Å². The fraction of sp³-hybridized carbons (Fsp3) is 0.143. The fourth-order valence-corrected chi connectivity index (χ4v) is 5.29. The first-order chi connectivity index (χ1) is 16.9. The molecule has 0 aromatic heterocycles. The van der Waals surface area contributed by atoms with Crippen LogP contribution in [0.3, 0.4) is 0 Å². The molecule has 0 amide bonds. The van der Waals surface area contributed by atoms with Gasteiger partial charge in [-0.3, -0.25) is 4.79 Å². The van der Waals surface area contributed by atoms with Gasteiger partial charge in [-0.15, -0.1) is 0 Å². The van der Waals surface area contributed by atoms with Gasteiger partial charge in [0.1, 0.15) is 18.2 Å². The van der Waals surface area contributed by atoms with Crippen molar-refractivity contribution in [1.29, 1.82) is 0 Å². The van der Waals surface area contributed by atoms with E-state index in [9.17, 15) is 14.0 Å². The summed E-state index contributed by atoms with van der Waals surface area (Å²) in [6, 6.07) is 19.2. The number of ketones is 1. The Labute approximate surface area is 215 Å². The highest BCUT2D eigenvalue weighted by Crippen LogP contribution is 2.47. The SMILES string of the molecule is COC(=O)C1=C(C)NC2=C(C(=O)c3ccccc32)[C@@H]1c1ccc(OCc2ccc(F)cc2)c(I)c1. The molecule has 5 rings (SSSR count). The van der Waals surface area contributed by atoms with Crippen molar-refractivity contribution in [1.82, 2.24) is 5.32 Å². The number of methoxy groups -OCH3 is 1. The molecule has 1 aliphatic carbocycles. The van der Waals surface area contributed by atoms with E-state index in [0.717, 1.165) is 26.0 Å². The maximum absolute atomic E-state index is 13.5. The van der Waals surface area contributed by atoms with E-state index in [-0.39, 0.29) is 11.6 Å². The molecule has 7 heteroatoms. The van der Waals surface area contributed by atoms with E-state index in [0.29, 0.717) is 34.8 Å². The van der Waals surface area contributed by atoms with Gasteiger partial charge >= 0.3 is 5.97 Å². The van der Waals surface area contributed by atoms with Gasteiger partial charge in [-0.1, -0.05) is 42.5 Å². The average Bonchev–Trinajstić information content (AvgIpc) is 3.14. The van der Waals surface area contributed by atoms with Crippen LogP contribution in [0.4, 0.5) is 4.39 Å². The van der Waals surface area contributed by atoms with Crippen molar-refractivity contribution in [3.63, 3.8) is 0 Å². The number of halogens is 2. The van der Waals surface area contributed by atoms with E-state index >= 15 is 0 Å². The van der Waals surface area contributed by atoms with Crippen molar-refractivity contribution in [3.05, 3.63) is 115 Å². The van der Waals surface area contributed by atoms with Crippen molar-refractivity contribution in [3.8, 4) is 5.75 Å². The number of Topliss-reactive ketones (excluding diaryl/α,β-unsaturated/α-hetero) is 1. The molecule has 0 radical (unpaired) electrons. The number of carbonyl (C=O) groups is 2. The Kier molecular flexibility index (Phi) is 6.19. The molecule has 0 fully saturated rings. The lowest BCUT2D eigenvalue weighted by Crippen LogP contribution is -2.29. The van der Waals surface area contributed by atoms with Crippen LogP contribution in [-0.2, 0) is 16.1 Å². The number of hydrogen-bond acceptors (Lipinski definition) is 5. The second-order valence-corrected chi connectivity index (χ2v) is 9.52. The van der Waals surface area contributed by atoms with Gasteiger partial charge in [-0.25, -0.2) is 9.18 Å². The summed E-state index contributed by atoms with van der Waals surface area (Å²) in [6.45, 7) is 2.11. The van der Waals surface area contributed by atoms with Gasteiger partial charge in [0.2, 0.25) is 0 Å². The van der Waals surface area contributed by atoms with Gasteiger partial charge in [-0.05, 0) is 64.9 Å². The van der Waals surface area contributed by atoms with E-state index < -0.39 is 11.9 Å². The molecular formula is C28H21FINO4. The summed E-state index contributed by atoms with van der Waals surface area (Å²) in [6.07, 6.45) is 0. The van der Waals surface area contributed by atoms with E-state index in [1.807, 2.05) is 43.3 Å². The van der Waals surface area contributed by atoms with Gasteiger partial charge in [-0.2, -0.15) is 0 Å². The van der Waals surface area contributed by atoms with Gasteiger partial charge in [0.25, 0.3) is 0 Å². The molecular weight excluding hydrogens is 560 g/mol. The number of carbonyl (C=O) groups excluding carboxylic acids is 2. The van der Waals surface area contributed by atoms with Crippen molar-refractivity contribution in [2.75, 3.05) is 7.11 Å². The molecule has 1 atom stereocenters. The minimum Gasteiger partial charge on any atom is -0.488 e. The van der Waals surface area contributed by atoms with Gasteiger partial charge in [0.15, 0.2) is 5.78 Å². The third-order valence-corrected chi connectivity index (χ3v) is 7.09. The molecule has 0 saturated heterocycles. The molecule has 176 valence electrons. The first kappa shape index (κ1) is 23.3. The summed E-state index contributed by atoms with van der Waals surface area (Å²) in [7, 11) is 1.34.